The van der Waals surface area contributed by atoms with Crippen molar-refractivity contribution < 1.29 is 19.1 Å². The molecule has 0 amide bonds. The zero-order valence-corrected chi connectivity index (χ0v) is 17.2. The molecule has 0 radical (unpaired) electrons. The van der Waals surface area contributed by atoms with E-state index in [0.29, 0.717) is 28.2 Å². The number of pyridine rings is 1. The maximum atomic E-state index is 12.5. The van der Waals surface area contributed by atoms with Gasteiger partial charge in [0, 0.05) is 11.3 Å². The number of esters is 2. The van der Waals surface area contributed by atoms with Crippen LogP contribution in [-0.4, -0.2) is 31.1 Å². The van der Waals surface area contributed by atoms with Gasteiger partial charge in [0.2, 0.25) is 0 Å². The number of aryl methyl sites for hydroxylation is 2. The lowest BCUT2D eigenvalue weighted by atomic mass is 9.92. The van der Waals surface area contributed by atoms with E-state index in [-0.39, 0.29) is 22.4 Å². The number of carbonyl (C=O) groups is 2. The van der Waals surface area contributed by atoms with E-state index >= 15 is 0 Å². The molecule has 1 heterocycles. The summed E-state index contributed by atoms with van der Waals surface area (Å²) in [4.78, 5) is 29.2. The van der Waals surface area contributed by atoms with Gasteiger partial charge in [-0.25, -0.2) is 9.59 Å². The first-order valence-electron chi connectivity index (χ1n) is 8.82. The fourth-order valence-electron chi connectivity index (χ4n) is 2.99. The molecule has 0 aliphatic carbocycles. The van der Waals surface area contributed by atoms with Crippen LogP contribution in [0.3, 0.4) is 0 Å². The summed E-state index contributed by atoms with van der Waals surface area (Å²) in [7, 11) is 2.46. The van der Waals surface area contributed by atoms with Crippen molar-refractivity contribution in [2.45, 2.75) is 13.8 Å². The number of nitrogens with one attached hydrogen (secondary N) is 1. The second-order valence-electron chi connectivity index (χ2n) is 6.18. The number of carbonyl (C=O) groups excluding carboxylic acids is 2. The first kappa shape index (κ1) is 22.6. The molecule has 2 rings (SSSR count). The van der Waals surface area contributed by atoms with Crippen LogP contribution in [0.25, 0.3) is 11.1 Å². The summed E-state index contributed by atoms with van der Waals surface area (Å²) >= 11 is 0. The summed E-state index contributed by atoms with van der Waals surface area (Å²) < 4.78 is 9.77. The standard InChI is InChI=1S/C22H17N5O4/c1-12-18(21(28)30-3)20(19(13(2)26-12)22(29)31-4)14-5-7-16(8-6-14)27-17(11-25)15(9-23)10-24/h5-8,27H,1-4H3. The van der Waals surface area contributed by atoms with Gasteiger partial charge in [-0.05, 0) is 31.5 Å². The maximum Gasteiger partial charge on any atom is 0.340 e. The highest BCUT2D eigenvalue weighted by molar-refractivity contribution is 6.07. The summed E-state index contributed by atoms with van der Waals surface area (Å²) in [6, 6.07) is 11.4. The molecule has 1 aromatic heterocycles. The third kappa shape index (κ3) is 4.50. The van der Waals surface area contributed by atoms with Gasteiger partial charge in [-0.3, -0.25) is 4.98 Å². The summed E-state index contributed by atoms with van der Waals surface area (Å²) in [5, 5.41) is 29.8. The molecule has 0 bridgehead atoms. The Bertz CT molecular complexity index is 1150. The normalized spacial score (nSPS) is 9.45. The van der Waals surface area contributed by atoms with Gasteiger partial charge < -0.3 is 14.8 Å². The largest absolute Gasteiger partial charge is 0.465 e. The van der Waals surface area contributed by atoms with Crippen molar-refractivity contribution in [1.82, 2.24) is 4.98 Å². The zero-order chi connectivity index (χ0) is 23.1. The lowest BCUT2D eigenvalue weighted by Gasteiger charge is -2.17. The number of methoxy groups -OCH3 is 2. The number of rotatable bonds is 5. The van der Waals surface area contributed by atoms with E-state index in [1.807, 2.05) is 0 Å². The Morgan fingerprint density at radius 3 is 1.74 bits per heavy atom. The predicted octanol–water partition coefficient (Wildman–Crippen LogP) is 3.18. The number of benzene rings is 1. The number of hydrogen-bond donors (Lipinski definition) is 1. The highest BCUT2D eigenvalue weighted by Gasteiger charge is 2.27. The smallest absolute Gasteiger partial charge is 0.340 e. The fourth-order valence-corrected chi connectivity index (χ4v) is 2.99. The molecule has 0 saturated carbocycles. The van der Waals surface area contributed by atoms with Gasteiger partial charge in [-0.15, -0.1) is 0 Å². The Morgan fingerprint density at radius 1 is 0.871 bits per heavy atom. The van der Waals surface area contributed by atoms with Crippen molar-refractivity contribution in [2.24, 2.45) is 0 Å². The number of hydrogen-bond acceptors (Lipinski definition) is 9. The molecule has 9 nitrogen and oxygen atoms in total. The number of nitrogens with zero attached hydrogens (tertiary/aromatic N) is 4. The number of allylic oxidation sites excluding steroid dienone is 2. The van der Waals surface area contributed by atoms with E-state index in [4.69, 9.17) is 20.0 Å². The SMILES string of the molecule is COC(=O)c1c(C)nc(C)c(C(=O)OC)c1-c1ccc(NC(C#N)=C(C#N)C#N)cc1. The third-order valence-electron chi connectivity index (χ3n) is 4.37. The Hall–Kier alpha value is -4.68. The molecule has 0 spiro atoms. The second kappa shape index (κ2) is 9.69. The van der Waals surface area contributed by atoms with Crippen molar-refractivity contribution in [3.63, 3.8) is 0 Å². The minimum Gasteiger partial charge on any atom is -0.465 e. The highest BCUT2D eigenvalue weighted by Crippen LogP contribution is 2.33. The van der Waals surface area contributed by atoms with E-state index in [1.54, 1.807) is 56.3 Å². The van der Waals surface area contributed by atoms with Crippen LogP contribution in [0.4, 0.5) is 5.69 Å². The molecular formula is C22H17N5O4. The van der Waals surface area contributed by atoms with Crippen LogP contribution in [-0.2, 0) is 9.47 Å². The summed E-state index contributed by atoms with van der Waals surface area (Å²) in [5.41, 5.74) is 1.71. The topological polar surface area (TPSA) is 149 Å². The predicted molar refractivity (Wildman–Crippen MR) is 109 cm³/mol. The van der Waals surface area contributed by atoms with Crippen LogP contribution in [0.5, 0.6) is 0 Å². The van der Waals surface area contributed by atoms with Gasteiger partial charge in [0.15, 0.2) is 5.57 Å². The van der Waals surface area contributed by atoms with Crippen LogP contribution in [0.15, 0.2) is 35.5 Å². The van der Waals surface area contributed by atoms with Crippen LogP contribution >= 0.6 is 0 Å². The summed E-state index contributed by atoms with van der Waals surface area (Å²) in [6.07, 6.45) is 0. The Kier molecular flexibility index (Phi) is 7.06. The zero-order valence-electron chi connectivity index (χ0n) is 17.2. The van der Waals surface area contributed by atoms with Gasteiger partial charge in [-0.1, -0.05) is 12.1 Å². The fraction of sp³-hybridized carbons (Fsp3) is 0.182. The van der Waals surface area contributed by atoms with Crippen molar-refractivity contribution in [1.29, 1.82) is 15.8 Å². The van der Waals surface area contributed by atoms with Crippen molar-refractivity contribution in [3.8, 4) is 29.3 Å². The lowest BCUT2D eigenvalue weighted by molar-refractivity contribution is 0.0599. The summed E-state index contributed by atoms with van der Waals surface area (Å²) in [5.74, 6) is -1.32. The first-order chi connectivity index (χ1) is 14.8. The average Bonchev–Trinajstić information content (AvgIpc) is 2.78. The van der Waals surface area contributed by atoms with E-state index in [1.165, 1.54) is 14.2 Å². The molecule has 0 atom stereocenters. The average molecular weight is 415 g/mol. The van der Waals surface area contributed by atoms with Crippen molar-refractivity contribution in [3.05, 3.63) is 58.1 Å². The Balaban J connectivity index is 2.69. The van der Waals surface area contributed by atoms with Crippen molar-refractivity contribution in [2.75, 3.05) is 19.5 Å². The quantitative estimate of drug-likeness (QED) is 0.574. The van der Waals surface area contributed by atoms with Crippen LogP contribution < -0.4 is 5.32 Å². The van der Waals surface area contributed by atoms with E-state index in [2.05, 4.69) is 10.3 Å². The van der Waals surface area contributed by atoms with Crippen LogP contribution in [0.1, 0.15) is 32.1 Å². The monoisotopic (exact) mass is 415 g/mol. The van der Waals surface area contributed by atoms with E-state index in [9.17, 15) is 14.9 Å². The Morgan fingerprint density at radius 2 is 1.35 bits per heavy atom. The van der Waals surface area contributed by atoms with E-state index in [0.717, 1.165) is 0 Å². The Labute approximate surface area is 178 Å². The molecule has 0 aliphatic rings. The van der Waals surface area contributed by atoms with Gasteiger partial charge in [0.25, 0.3) is 0 Å². The number of anilines is 1. The minimum atomic E-state index is -0.658. The molecule has 0 aliphatic heterocycles. The van der Waals surface area contributed by atoms with Gasteiger partial charge in [-0.2, -0.15) is 15.8 Å². The molecule has 0 unspecified atom stereocenters. The number of ether oxygens (including phenoxy) is 2. The van der Waals surface area contributed by atoms with Gasteiger partial charge in [0.1, 0.15) is 23.9 Å². The lowest BCUT2D eigenvalue weighted by Crippen LogP contribution is -2.16. The van der Waals surface area contributed by atoms with Crippen molar-refractivity contribution >= 4 is 17.6 Å². The van der Waals surface area contributed by atoms with Crippen LogP contribution in [0.2, 0.25) is 0 Å². The highest BCUT2D eigenvalue weighted by atomic mass is 16.5. The molecule has 2 aromatic rings. The molecule has 1 N–H and O–H groups in total. The number of nitriles is 3. The molecule has 1 aromatic carbocycles. The number of aromatic nitrogens is 1. The second-order valence-corrected chi connectivity index (χ2v) is 6.18. The van der Waals surface area contributed by atoms with Gasteiger partial charge >= 0.3 is 11.9 Å². The molecule has 0 saturated heterocycles. The molecule has 31 heavy (non-hydrogen) atoms. The summed E-state index contributed by atoms with van der Waals surface area (Å²) in [6.45, 7) is 3.27. The van der Waals surface area contributed by atoms with Gasteiger partial charge in [0.05, 0.1) is 36.7 Å². The molecule has 154 valence electrons. The molecule has 9 heteroatoms. The molecule has 0 fully saturated rings. The maximum absolute atomic E-state index is 12.5. The minimum absolute atomic E-state index is 0.128. The van der Waals surface area contributed by atoms with E-state index < -0.39 is 11.9 Å². The third-order valence-corrected chi connectivity index (χ3v) is 4.37. The van der Waals surface area contributed by atoms with Crippen LogP contribution in [0, 0.1) is 47.8 Å². The molecular weight excluding hydrogens is 398 g/mol. The first-order valence-corrected chi connectivity index (χ1v) is 8.82.